The summed E-state index contributed by atoms with van der Waals surface area (Å²) in [5.41, 5.74) is 1.50. The predicted molar refractivity (Wildman–Crippen MR) is 77.4 cm³/mol. The Hall–Kier alpha value is -0.780. The molecule has 0 aromatic heterocycles. The van der Waals surface area contributed by atoms with Gasteiger partial charge in [0.2, 0.25) is 0 Å². The summed E-state index contributed by atoms with van der Waals surface area (Å²) in [5, 5.41) is 0. The molecular formula is C17H28. The highest BCUT2D eigenvalue weighted by atomic mass is 14.2. The third-order valence-corrected chi connectivity index (χ3v) is 3.72. The van der Waals surface area contributed by atoms with Crippen LogP contribution in [-0.4, -0.2) is 0 Å². The second kappa shape index (κ2) is 8.33. The third-order valence-electron chi connectivity index (χ3n) is 3.72. The Morgan fingerprint density at radius 2 is 1.65 bits per heavy atom. The highest BCUT2D eigenvalue weighted by Gasteiger charge is 2.13. The summed E-state index contributed by atoms with van der Waals surface area (Å²) in [6.45, 7) is 6.99. The van der Waals surface area contributed by atoms with Crippen LogP contribution in [0.25, 0.3) is 0 Å². The van der Waals surface area contributed by atoms with Crippen LogP contribution in [0.5, 0.6) is 0 Å². The van der Waals surface area contributed by atoms with Crippen LogP contribution < -0.4 is 0 Å². The van der Waals surface area contributed by atoms with Gasteiger partial charge in [0.1, 0.15) is 0 Å². The molecule has 1 aromatic carbocycles. The summed E-state index contributed by atoms with van der Waals surface area (Å²) in [5.74, 6) is 1.64. The highest BCUT2D eigenvalue weighted by Crippen LogP contribution is 2.28. The summed E-state index contributed by atoms with van der Waals surface area (Å²) >= 11 is 0. The average molecular weight is 232 g/mol. The first-order valence-corrected chi connectivity index (χ1v) is 7.32. The number of hydrogen-bond acceptors (Lipinski definition) is 0. The second-order valence-corrected chi connectivity index (χ2v) is 5.34. The lowest BCUT2D eigenvalue weighted by molar-refractivity contribution is 0.378. The van der Waals surface area contributed by atoms with E-state index in [0.29, 0.717) is 5.92 Å². The Balaban J connectivity index is 2.48. The van der Waals surface area contributed by atoms with Crippen LogP contribution in [0.1, 0.15) is 70.8 Å². The molecule has 0 saturated heterocycles. The summed E-state index contributed by atoms with van der Waals surface area (Å²) in [7, 11) is 0. The molecule has 1 aromatic rings. The van der Waals surface area contributed by atoms with E-state index in [1.165, 1.54) is 44.1 Å². The Morgan fingerprint density at radius 3 is 2.24 bits per heavy atom. The van der Waals surface area contributed by atoms with E-state index < -0.39 is 0 Å². The van der Waals surface area contributed by atoms with Crippen LogP contribution in [0, 0.1) is 5.92 Å². The SMILES string of the molecule is CCCCC(CCC)CC(C)c1ccccc1. The van der Waals surface area contributed by atoms with Gasteiger partial charge in [-0.3, -0.25) is 0 Å². The minimum Gasteiger partial charge on any atom is -0.0654 e. The molecule has 0 heterocycles. The monoisotopic (exact) mass is 232 g/mol. The van der Waals surface area contributed by atoms with E-state index in [4.69, 9.17) is 0 Å². The fourth-order valence-electron chi connectivity index (χ4n) is 2.70. The summed E-state index contributed by atoms with van der Waals surface area (Å²) < 4.78 is 0. The highest BCUT2D eigenvalue weighted by molar-refractivity contribution is 5.18. The van der Waals surface area contributed by atoms with E-state index in [0.717, 1.165) is 5.92 Å². The van der Waals surface area contributed by atoms with Gasteiger partial charge in [0, 0.05) is 0 Å². The number of rotatable bonds is 8. The normalized spacial score (nSPS) is 14.5. The van der Waals surface area contributed by atoms with Crippen molar-refractivity contribution in [1.29, 1.82) is 0 Å². The quantitative estimate of drug-likeness (QED) is 0.532. The first-order chi connectivity index (χ1) is 8.27. The molecule has 2 unspecified atom stereocenters. The maximum Gasteiger partial charge on any atom is -0.0188 e. The van der Waals surface area contributed by atoms with Crippen molar-refractivity contribution in [1.82, 2.24) is 0 Å². The largest absolute Gasteiger partial charge is 0.0654 e. The number of hydrogen-bond donors (Lipinski definition) is 0. The van der Waals surface area contributed by atoms with Gasteiger partial charge < -0.3 is 0 Å². The summed E-state index contributed by atoms with van der Waals surface area (Å²) in [6.07, 6.45) is 8.23. The van der Waals surface area contributed by atoms with Crippen LogP contribution in [0.3, 0.4) is 0 Å². The van der Waals surface area contributed by atoms with Gasteiger partial charge in [0.25, 0.3) is 0 Å². The van der Waals surface area contributed by atoms with Crippen molar-refractivity contribution in [3.63, 3.8) is 0 Å². The number of benzene rings is 1. The fourth-order valence-corrected chi connectivity index (χ4v) is 2.70. The molecule has 0 spiro atoms. The molecule has 0 aliphatic heterocycles. The topological polar surface area (TPSA) is 0 Å². The van der Waals surface area contributed by atoms with E-state index in [1.807, 2.05) is 0 Å². The molecular weight excluding hydrogens is 204 g/mol. The van der Waals surface area contributed by atoms with E-state index in [9.17, 15) is 0 Å². The van der Waals surface area contributed by atoms with E-state index >= 15 is 0 Å². The van der Waals surface area contributed by atoms with Crippen LogP contribution in [0.2, 0.25) is 0 Å². The maximum atomic E-state index is 2.38. The molecule has 0 fully saturated rings. The van der Waals surface area contributed by atoms with E-state index in [2.05, 4.69) is 51.1 Å². The average Bonchev–Trinajstić information content (AvgIpc) is 2.37. The Labute approximate surface area is 107 Å². The van der Waals surface area contributed by atoms with Gasteiger partial charge in [-0.25, -0.2) is 0 Å². The van der Waals surface area contributed by atoms with Gasteiger partial charge in [-0.05, 0) is 23.8 Å². The maximum absolute atomic E-state index is 2.38. The molecule has 0 radical (unpaired) electrons. The van der Waals surface area contributed by atoms with Gasteiger partial charge in [0.05, 0.1) is 0 Å². The zero-order valence-corrected chi connectivity index (χ0v) is 11.8. The molecule has 96 valence electrons. The van der Waals surface area contributed by atoms with E-state index in [1.54, 1.807) is 0 Å². The first kappa shape index (κ1) is 14.3. The first-order valence-electron chi connectivity index (χ1n) is 7.32. The summed E-state index contributed by atoms with van der Waals surface area (Å²) in [6, 6.07) is 11.0. The minimum absolute atomic E-state index is 0.713. The Kier molecular flexibility index (Phi) is 7.00. The van der Waals surface area contributed by atoms with Crippen molar-refractivity contribution < 1.29 is 0 Å². The van der Waals surface area contributed by atoms with Crippen LogP contribution in [0.4, 0.5) is 0 Å². The molecule has 2 atom stereocenters. The lowest BCUT2D eigenvalue weighted by Gasteiger charge is -2.20. The van der Waals surface area contributed by atoms with Crippen molar-refractivity contribution in [3.8, 4) is 0 Å². The van der Waals surface area contributed by atoms with Crippen molar-refractivity contribution in [2.24, 2.45) is 5.92 Å². The van der Waals surface area contributed by atoms with Crippen LogP contribution in [0.15, 0.2) is 30.3 Å². The molecule has 0 amide bonds. The molecule has 1 rings (SSSR count). The Bertz CT molecular complexity index is 275. The second-order valence-electron chi connectivity index (χ2n) is 5.34. The van der Waals surface area contributed by atoms with Crippen molar-refractivity contribution >= 4 is 0 Å². The van der Waals surface area contributed by atoms with Gasteiger partial charge in [0.15, 0.2) is 0 Å². The Morgan fingerprint density at radius 1 is 0.941 bits per heavy atom. The van der Waals surface area contributed by atoms with Gasteiger partial charge >= 0.3 is 0 Å². The summed E-state index contributed by atoms with van der Waals surface area (Å²) in [4.78, 5) is 0. The smallest absolute Gasteiger partial charge is 0.0188 e. The van der Waals surface area contributed by atoms with E-state index in [-0.39, 0.29) is 0 Å². The third kappa shape index (κ3) is 5.39. The van der Waals surface area contributed by atoms with Crippen LogP contribution in [-0.2, 0) is 0 Å². The predicted octanol–water partition coefficient (Wildman–Crippen LogP) is 5.79. The zero-order valence-electron chi connectivity index (χ0n) is 11.8. The molecule has 17 heavy (non-hydrogen) atoms. The zero-order chi connectivity index (χ0) is 12.5. The molecule has 0 saturated carbocycles. The molecule has 0 bridgehead atoms. The molecule has 0 aliphatic carbocycles. The lowest BCUT2D eigenvalue weighted by atomic mass is 9.85. The molecule has 0 nitrogen and oxygen atoms in total. The van der Waals surface area contributed by atoms with Gasteiger partial charge in [-0.15, -0.1) is 0 Å². The van der Waals surface area contributed by atoms with Crippen molar-refractivity contribution in [2.75, 3.05) is 0 Å². The standard InChI is InChI=1S/C17H28/c1-4-6-11-16(10-5-2)14-15(3)17-12-8-7-9-13-17/h7-9,12-13,15-16H,4-6,10-11,14H2,1-3H3. The van der Waals surface area contributed by atoms with Gasteiger partial charge in [-0.1, -0.05) is 83.2 Å². The minimum atomic E-state index is 0.713. The lowest BCUT2D eigenvalue weighted by Crippen LogP contribution is -2.06. The van der Waals surface area contributed by atoms with Crippen molar-refractivity contribution in [3.05, 3.63) is 35.9 Å². The van der Waals surface area contributed by atoms with Crippen molar-refractivity contribution in [2.45, 2.75) is 65.2 Å². The number of unbranched alkanes of at least 4 members (excludes halogenated alkanes) is 1. The van der Waals surface area contributed by atoms with Gasteiger partial charge in [-0.2, -0.15) is 0 Å². The molecule has 0 heteroatoms. The fraction of sp³-hybridized carbons (Fsp3) is 0.647. The van der Waals surface area contributed by atoms with Crippen LogP contribution >= 0.6 is 0 Å². The molecule has 0 aliphatic rings. The molecule has 0 N–H and O–H groups in total.